The molecule has 0 saturated carbocycles. The Hall–Kier alpha value is -1.95. The van der Waals surface area contributed by atoms with Crippen molar-refractivity contribution in [3.8, 4) is 0 Å². The van der Waals surface area contributed by atoms with Crippen LogP contribution in [-0.4, -0.2) is 32.1 Å². The summed E-state index contributed by atoms with van der Waals surface area (Å²) in [6, 6.07) is 2.83. The van der Waals surface area contributed by atoms with E-state index in [4.69, 9.17) is 11.6 Å². The van der Waals surface area contributed by atoms with Crippen molar-refractivity contribution in [2.45, 2.75) is 32.4 Å². The Labute approximate surface area is 138 Å². The van der Waals surface area contributed by atoms with Crippen molar-refractivity contribution in [3.05, 3.63) is 46.3 Å². The fraction of sp³-hybridized carbons (Fsp3) is 0.438. The van der Waals surface area contributed by atoms with Crippen LogP contribution < -0.4 is 0 Å². The largest absolute Gasteiger partial charge is 0.338 e. The number of benzene rings is 1. The lowest BCUT2D eigenvalue weighted by atomic mass is 9.94. The maximum absolute atomic E-state index is 13.6. The van der Waals surface area contributed by atoms with Gasteiger partial charge in [-0.05, 0) is 36.1 Å². The van der Waals surface area contributed by atoms with Crippen molar-refractivity contribution in [2.75, 3.05) is 6.54 Å². The van der Waals surface area contributed by atoms with E-state index in [2.05, 4.69) is 10.2 Å². The van der Waals surface area contributed by atoms with Crippen LogP contribution in [0.4, 0.5) is 4.39 Å². The van der Waals surface area contributed by atoms with Gasteiger partial charge in [0.15, 0.2) is 0 Å². The molecule has 2 aromatic rings. The predicted octanol–water partition coefficient (Wildman–Crippen LogP) is 2.22. The van der Waals surface area contributed by atoms with Crippen LogP contribution in [-0.2, 0) is 30.7 Å². The summed E-state index contributed by atoms with van der Waals surface area (Å²) in [5.41, 5.74) is 1.78. The number of amides is 1. The van der Waals surface area contributed by atoms with Crippen LogP contribution in [0.3, 0.4) is 0 Å². The molecular formula is C16H16ClFN4O. The highest BCUT2D eigenvalue weighted by Gasteiger charge is 2.31. The number of aromatic nitrogens is 3. The molecule has 2 aliphatic rings. The SMILES string of the molecule is O=C([C@H]1CCc2nncn2C1)N1CCc2c(Cl)cc(F)cc2C1. The van der Waals surface area contributed by atoms with Gasteiger partial charge in [-0.2, -0.15) is 0 Å². The lowest BCUT2D eigenvalue weighted by Gasteiger charge is -2.33. The van der Waals surface area contributed by atoms with E-state index in [1.807, 2.05) is 9.47 Å². The van der Waals surface area contributed by atoms with Crippen LogP contribution in [0, 0.1) is 11.7 Å². The first-order valence-electron chi connectivity index (χ1n) is 7.74. The first-order valence-corrected chi connectivity index (χ1v) is 8.12. The van der Waals surface area contributed by atoms with Crippen molar-refractivity contribution < 1.29 is 9.18 Å². The first-order chi connectivity index (χ1) is 11.1. The summed E-state index contributed by atoms with van der Waals surface area (Å²) >= 11 is 6.11. The second-order valence-electron chi connectivity index (χ2n) is 6.17. The molecule has 1 aromatic heterocycles. The van der Waals surface area contributed by atoms with Gasteiger partial charge in [0.2, 0.25) is 5.91 Å². The average Bonchev–Trinajstić information content (AvgIpc) is 3.01. The Kier molecular flexibility index (Phi) is 3.56. The minimum absolute atomic E-state index is 0.0657. The van der Waals surface area contributed by atoms with Crippen molar-refractivity contribution >= 4 is 17.5 Å². The third-order valence-corrected chi connectivity index (χ3v) is 5.07. The fourth-order valence-electron chi connectivity index (χ4n) is 3.51. The molecule has 1 atom stereocenters. The zero-order chi connectivity index (χ0) is 16.0. The molecule has 0 aliphatic carbocycles. The smallest absolute Gasteiger partial charge is 0.227 e. The molecule has 0 bridgehead atoms. The second-order valence-corrected chi connectivity index (χ2v) is 6.58. The maximum atomic E-state index is 13.6. The molecule has 7 heteroatoms. The van der Waals surface area contributed by atoms with E-state index in [0.717, 1.165) is 29.8 Å². The van der Waals surface area contributed by atoms with Crippen molar-refractivity contribution in [1.29, 1.82) is 0 Å². The van der Waals surface area contributed by atoms with Gasteiger partial charge < -0.3 is 9.47 Å². The van der Waals surface area contributed by atoms with E-state index < -0.39 is 0 Å². The zero-order valence-electron chi connectivity index (χ0n) is 12.5. The number of hydrogen-bond donors (Lipinski definition) is 0. The van der Waals surface area contributed by atoms with Gasteiger partial charge in [0.25, 0.3) is 0 Å². The van der Waals surface area contributed by atoms with E-state index in [1.165, 1.54) is 12.1 Å². The normalized spacial score (nSPS) is 20.1. The minimum Gasteiger partial charge on any atom is -0.338 e. The number of rotatable bonds is 1. The third kappa shape index (κ3) is 2.61. The van der Waals surface area contributed by atoms with E-state index in [9.17, 15) is 9.18 Å². The van der Waals surface area contributed by atoms with Gasteiger partial charge in [0.05, 0.1) is 5.92 Å². The van der Waals surface area contributed by atoms with Gasteiger partial charge in [-0.1, -0.05) is 11.6 Å². The molecule has 0 fully saturated rings. The number of fused-ring (bicyclic) bond motifs is 2. The summed E-state index contributed by atoms with van der Waals surface area (Å²) in [6.07, 6.45) is 3.90. The monoisotopic (exact) mass is 334 g/mol. The quantitative estimate of drug-likeness (QED) is 0.803. The Bertz CT molecular complexity index is 775. The molecule has 0 unspecified atom stereocenters. The Balaban J connectivity index is 1.52. The molecule has 5 nitrogen and oxygen atoms in total. The van der Waals surface area contributed by atoms with E-state index in [0.29, 0.717) is 31.1 Å². The molecule has 1 aromatic carbocycles. The topological polar surface area (TPSA) is 51.0 Å². The molecule has 0 spiro atoms. The average molecular weight is 335 g/mol. The van der Waals surface area contributed by atoms with Crippen LogP contribution in [0.1, 0.15) is 23.4 Å². The highest BCUT2D eigenvalue weighted by molar-refractivity contribution is 6.31. The van der Waals surface area contributed by atoms with Crippen LogP contribution in [0.2, 0.25) is 5.02 Å². The van der Waals surface area contributed by atoms with Crippen LogP contribution in [0.15, 0.2) is 18.5 Å². The molecule has 0 saturated heterocycles. The summed E-state index contributed by atoms with van der Waals surface area (Å²) in [5.74, 6) is 0.640. The van der Waals surface area contributed by atoms with Crippen LogP contribution >= 0.6 is 11.6 Å². The Morgan fingerprint density at radius 2 is 2.22 bits per heavy atom. The molecular weight excluding hydrogens is 319 g/mol. The zero-order valence-corrected chi connectivity index (χ0v) is 13.3. The molecule has 0 N–H and O–H groups in total. The summed E-state index contributed by atoms with van der Waals surface area (Å²) in [7, 11) is 0. The lowest BCUT2D eigenvalue weighted by molar-refractivity contribution is -0.137. The van der Waals surface area contributed by atoms with Gasteiger partial charge in [0.1, 0.15) is 18.0 Å². The highest BCUT2D eigenvalue weighted by Crippen LogP contribution is 2.29. The Morgan fingerprint density at radius 3 is 3.09 bits per heavy atom. The molecule has 23 heavy (non-hydrogen) atoms. The van der Waals surface area contributed by atoms with Gasteiger partial charge in [-0.3, -0.25) is 4.79 Å². The van der Waals surface area contributed by atoms with Gasteiger partial charge in [0, 0.05) is 31.1 Å². The van der Waals surface area contributed by atoms with Gasteiger partial charge in [-0.15, -0.1) is 10.2 Å². The number of carbonyl (C=O) groups is 1. The molecule has 4 rings (SSSR count). The van der Waals surface area contributed by atoms with E-state index >= 15 is 0 Å². The van der Waals surface area contributed by atoms with Crippen LogP contribution in [0.25, 0.3) is 0 Å². The predicted molar refractivity (Wildman–Crippen MR) is 82.4 cm³/mol. The summed E-state index contributed by atoms with van der Waals surface area (Å²) in [4.78, 5) is 14.6. The standard InChI is InChI=1S/C16H16ClFN4O/c17-14-6-12(18)5-11-8-21(4-3-13(11)14)16(23)10-1-2-15-20-19-9-22(15)7-10/h5-6,9-10H,1-4,7-8H2/t10-/m0/s1. The number of nitrogens with zero attached hydrogens (tertiary/aromatic N) is 4. The van der Waals surface area contributed by atoms with Crippen molar-refractivity contribution in [1.82, 2.24) is 19.7 Å². The summed E-state index contributed by atoms with van der Waals surface area (Å²) in [6.45, 7) is 1.67. The summed E-state index contributed by atoms with van der Waals surface area (Å²) in [5, 5.41) is 8.39. The number of aryl methyl sites for hydroxylation is 1. The molecule has 120 valence electrons. The lowest BCUT2D eigenvalue weighted by Crippen LogP contribution is -2.42. The highest BCUT2D eigenvalue weighted by atomic mass is 35.5. The van der Waals surface area contributed by atoms with Gasteiger partial charge >= 0.3 is 0 Å². The minimum atomic E-state index is -0.352. The first kappa shape index (κ1) is 14.6. The molecule has 3 heterocycles. The second kappa shape index (κ2) is 5.60. The van der Waals surface area contributed by atoms with Crippen LogP contribution in [0.5, 0.6) is 0 Å². The van der Waals surface area contributed by atoms with Crippen molar-refractivity contribution in [2.24, 2.45) is 5.92 Å². The number of hydrogen-bond acceptors (Lipinski definition) is 3. The third-order valence-electron chi connectivity index (χ3n) is 4.74. The van der Waals surface area contributed by atoms with E-state index in [1.54, 1.807) is 6.33 Å². The summed E-state index contributed by atoms with van der Waals surface area (Å²) < 4.78 is 15.5. The number of halogens is 2. The fourth-order valence-corrected chi connectivity index (χ4v) is 3.83. The van der Waals surface area contributed by atoms with Gasteiger partial charge in [-0.25, -0.2) is 4.39 Å². The molecule has 0 radical (unpaired) electrons. The van der Waals surface area contributed by atoms with Crippen molar-refractivity contribution in [3.63, 3.8) is 0 Å². The number of carbonyl (C=O) groups excluding carboxylic acids is 1. The molecule has 2 aliphatic heterocycles. The maximum Gasteiger partial charge on any atom is 0.227 e. The Morgan fingerprint density at radius 1 is 1.35 bits per heavy atom. The molecule has 1 amide bonds. The van der Waals surface area contributed by atoms with E-state index in [-0.39, 0.29) is 17.6 Å².